The number of aromatic nitrogens is 1. The highest BCUT2D eigenvalue weighted by atomic mass is 32.1. The zero-order valence-electron chi connectivity index (χ0n) is 24.0. The Morgan fingerprint density at radius 2 is 1.82 bits per heavy atom. The number of hydrogen-bond donors (Lipinski definition) is 2. The van der Waals surface area contributed by atoms with Crippen molar-refractivity contribution in [3.05, 3.63) is 21.7 Å². The minimum Gasteiger partial charge on any atom is -0.458 e. The molecule has 0 bridgehead atoms. The summed E-state index contributed by atoms with van der Waals surface area (Å²) in [5.74, 6) is -3.03. The number of carbonyl (C=O) groups is 4. The normalized spacial score (nSPS) is 32.8. The molecule has 1 aromatic heterocycles. The third-order valence-corrected chi connectivity index (χ3v) is 9.14. The van der Waals surface area contributed by atoms with E-state index < -0.39 is 53.7 Å². The molecule has 0 unspecified atom stereocenters. The quantitative estimate of drug-likeness (QED) is 0.325. The SMILES string of the molecule is CC(=O)C(=O)N1[C@@H]2CCC[C@H](C)[C@H](O)[C@@H](C)C(=O)C(C)(C)[C@@H](O)CC(=O)O[C@H](C(C)=Cc3csc(C)n3)C[C@@H]21. The molecule has 0 radical (unpaired) electrons. The van der Waals surface area contributed by atoms with Crippen LogP contribution in [0, 0.1) is 24.2 Å². The van der Waals surface area contributed by atoms with Crippen molar-refractivity contribution in [3.8, 4) is 0 Å². The molecule has 0 aliphatic carbocycles. The predicted octanol–water partition coefficient (Wildman–Crippen LogP) is 3.49. The Balaban J connectivity index is 1.94. The Kier molecular flexibility index (Phi) is 9.88. The first kappa shape index (κ1) is 31.1. The van der Waals surface area contributed by atoms with Crippen molar-refractivity contribution in [1.82, 2.24) is 9.88 Å². The summed E-state index contributed by atoms with van der Waals surface area (Å²) in [6.07, 6.45) is 0.737. The fourth-order valence-electron chi connectivity index (χ4n) is 5.58. The molecule has 1 amide bonds. The number of nitrogens with zero attached hydrogens (tertiary/aromatic N) is 2. The van der Waals surface area contributed by atoms with Gasteiger partial charge in [-0.05, 0) is 44.3 Å². The lowest BCUT2D eigenvalue weighted by molar-refractivity contribution is -0.154. The smallest absolute Gasteiger partial charge is 0.309 e. The van der Waals surface area contributed by atoms with Crippen LogP contribution in [0.3, 0.4) is 0 Å². The molecular formula is C29H42N2O7S. The molecule has 0 aromatic carbocycles. The van der Waals surface area contributed by atoms with E-state index in [2.05, 4.69) is 4.98 Å². The second kappa shape index (κ2) is 12.4. The van der Waals surface area contributed by atoms with Gasteiger partial charge in [0.2, 0.25) is 5.78 Å². The van der Waals surface area contributed by atoms with E-state index in [0.717, 1.165) is 16.3 Å². The fraction of sp³-hybridized carbons (Fsp3) is 0.690. The third kappa shape index (κ3) is 7.21. The highest BCUT2D eigenvalue weighted by molar-refractivity contribution is 7.09. The van der Waals surface area contributed by atoms with E-state index in [-0.39, 0.29) is 23.8 Å². The standard InChI is InChI=1S/C29H42N2O7S/c1-15-9-8-10-21-22(31(21)28(37)18(4)32)12-23(16(2)11-20-14-39-19(5)30-20)38-25(34)13-24(33)29(6,7)27(36)17(3)26(15)35/h11,14-15,17,21-24,26,33,35H,8-10,12-13H2,1-7H3/t15-,17+,21+,22-,23-,24-,26-,31?/m0/s1. The number of aryl methyl sites for hydroxylation is 1. The van der Waals surface area contributed by atoms with Crippen LogP contribution in [0.5, 0.6) is 0 Å². The lowest BCUT2D eigenvalue weighted by Gasteiger charge is -2.34. The summed E-state index contributed by atoms with van der Waals surface area (Å²) in [4.78, 5) is 57.0. The van der Waals surface area contributed by atoms with Crippen molar-refractivity contribution in [1.29, 1.82) is 0 Å². The molecule has 3 rings (SSSR count). The zero-order valence-corrected chi connectivity index (χ0v) is 24.8. The van der Waals surface area contributed by atoms with Crippen molar-refractivity contribution in [3.63, 3.8) is 0 Å². The van der Waals surface area contributed by atoms with Crippen LogP contribution in [0.25, 0.3) is 6.08 Å². The molecule has 2 saturated heterocycles. The number of carbonyl (C=O) groups excluding carboxylic acids is 4. The first-order chi connectivity index (χ1) is 18.1. The van der Waals surface area contributed by atoms with Crippen molar-refractivity contribution >= 4 is 40.9 Å². The van der Waals surface area contributed by atoms with E-state index in [9.17, 15) is 29.4 Å². The first-order valence-corrected chi connectivity index (χ1v) is 14.6. The Hall–Kier alpha value is -2.43. The van der Waals surface area contributed by atoms with Gasteiger partial charge in [-0.2, -0.15) is 0 Å². The minimum atomic E-state index is -1.31. The van der Waals surface area contributed by atoms with E-state index in [0.29, 0.717) is 25.7 Å². The van der Waals surface area contributed by atoms with Crippen LogP contribution in [-0.4, -0.2) is 73.9 Å². The summed E-state index contributed by atoms with van der Waals surface area (Å²) in [6.45, 7) is 11.7. The number of hydrogen-bond acceptors (Lipinski definition) is 9. The summed E-state index contributed by atoms with van der Waals surface area (Å²) in [6, 6.07) is -0.465. The Labute approximate surface area is 234 Å². The maximum atomic E-state index is 13.3. The maximum absolute atomic E-state index is 13.3. The Morgan fingerprint density at radius 1 is 1.15 bits per heavy atom. The van der Waals surface area contributed by atoms with Crippen molar-refractivity contribution < 1.29 is 34.1 Å². The molecule has 39 heavy (non-hydrogen) atoms. The van der Waals surface area contributed by atoms with E-state index in [1.165, 1.54) is 18.3 Å². The number of rotatable bonds is 3. The van der Waals surface area contributed by atoms with Gasteiger partial charge in [-0.1, -0.05) is 34.1 Å². The number of thiazole rings is 1. The molecule has 1 aromatic rings. The number of amides is 1. The van der Waals surface area contributed by atoms with Crippen LogP contribution in [0.15, 0.2) is 11.0 Å². The van der Waals surface area contributed by atoms with Crippen molar-refractivity contribution in [2.24, 2.45) is 17.3 Å². The minimum absolute atomic E-state index is 0.183. The van der Waals surface area contributed by atoms with Gasteiger partial charge in [0, 0.05) is 24.6 Å². The fourth-order valence-corrected chi connectivity index (χ4v) is 6.15. The molecule has 10 heteroatoms. The lowest BCUT2D eigenvalue weighted by Crippen LogP contribution is -2.45. The van der Waals surface area contributed by atoms with Gasteiger partial charge in [0.05, 0.1) is 46.8 Å². The summed E-state index contributed by atoms with van der Waals surface area (Å²) in [7, 11) is 0. The highest BCUT2D eigenvalue weighted by Gasteiger charge is 2.52. The molecule has 2 aliphatic rings. The molecule has 2 aliphatic heterocycles. The zero-order chi connectivity index (χ0) is 29.2. The summed E-state index contributed by atoms with van der Waals surface area (Å²) >= 11 is 1.50. The van der Waals surface area contributed by atoms with Gasteiger partial charge in [-0.15, -0.1) is 11.3 Å². The average Bonchev–Trinajstić information content (AvgIpc) is 3.38. The Morgan fingerprint density at radius 3 is 2.41 bits per heavy atom. The topological polar surface area (TPSA) is 134 Å². The molecule has 216 valence electrons. The van der Waals surface area contributed by atoms with Crippen LogP contribution in [0.4, 0.5) is 0 Å². The van der Waals surface area contributed by atoms with E-state index in [1.54, 1.807) is 25.7 Å². The molecule has 0 saturated carbocycles. The van der Waals surface area contributed by atoms with Crippen LogP contribution < -0.4 is 0 Å². The second-order valence-electron chi connectivity index (χ2n) is 11.8. The molecule has 2 N–H and O–H groups in total. The van der Waals surface area contributed by atoms with Crippen LogP contribution in [0.2, 0.25) is 0 Å². The summed E-state index contributed by atoms with van der Waals surface area (Å²) < 4.78 is 5.87. The molecule has 7 atom stereocenters. The number of aliphatic hydroxyl groups is 2. The number of esters is 1. The molecule has 3 heterocycles. The van der Waals surface area contributed by atoms with Gasteiger partial charge in [0.25, 0.3) is 5.91 Å². The molecule has 9 nitrogen and oxygen atoms in total. The maximum Gasteiger partial charge on any atom is 0.309 e. The van der Waals surface area contributed by atoms with E-state index in [4.69, 9.17) is 4.74 Å². The van der Waals surface area contributed by atoms with Gasteiger partial charge >= 0.3 is 5.97 Å². The molecule has 2 fully saturated rings. The Bertz CT molecular complexity index is 1130. The van der Waals surface area contributed by atoms with Gasteiger partial charge in [0.1, 0.15) is 11.9 Å². The van der Waals surface area contributed by atoms with Gasteiger partial charge in [-0.3, -0.25) is 19.2 Å². The monoisotopic (exact) mass is 562 g/mol. The number of ketones is 2. The van der Waals surface area contributed by atoms with Crippen molar-refractivity contribution in [2.45, 2.75) is 111 Å². The van der Waals surface area contributed by atoms with Crippen LogP contribution >= 0.6 is 11.3 Å². The number of ether oxygens (including phenoxy) is 1. The van der Waals surface area contributed by atoms with Gasteiger partial charge < -0.3 is 19.8 Å². The predicted molar refractivity (Wildman–Crippen MR) is 148 cm³/mol. The highest BCUT2D eigenvalue weighted by Crippen LogP contribution is 2.39. The lowest BCUT2D eigenvalue weighted by atomic mass is 9.73. The third-order valence-electron chi connectivity index (χ3n) is 8.35. The summed E-state index contributed by atoms with van der Waals surface area (Å²) in [5.41, 5.74) is 0.183. The number of fused-ring (bicyclic) bond motifs is 1. The summed E-state index contributed by atoms with van der Waals surface area (Å²) in [5, 5.41) is 24.6. The van der Waals surface area contributed by atoms with Crippen LogP contribution in [-0.2, 0) is 23.9 Å². The number of cyclic esters (lactones) is 1. The average molecular weight is 563 g/mol. The molecule has 0 spiro atoms. The van der Waals surface area contributed by atoms with E-state index in [1.807, 2.05) is 32.2 Å². The molecular weight excluding hydrogens is 520 g/mol. The largest absolute Gasteiger partial charge is 0.458 e. The number of aliphatic hydroxyl groups excluding tert-OH is 2. The first-order valence-electron chi connectivity index (χ1n) is 13.7. The number of Topliss-reactive ketones (excluding diaryl/α,β-unsaturated/α-hetero) is 2. The second-order valence-corrected chi connectivity index (χ2v) is 12.9. The van der Waals surface area contributed by atoms with Gasteiger partial charge in [0.15, 0.2) is 0 Å². The van der Waals surface area contributed by atoms with Gasteiger partial charge in [-0.25, -0.2) is 4.98 Å². The van der Waals surface area contributed by atoms with E-state index >= 15 is 0 Å². The van der Waals surface area contributed by atoms with Crippen LogP contribution in [0.1, 0.15) is 84.3 Å². The van der Waals surface area contributed by atoms with Crippen molar-refractivity contribution in [2.75, 3.05) is 0 Å².